The van der Waals surface area contributed by atoms with Crippen molar-refractivity contribution in [3.8, 4) is 17.2 Å². The van der Waals surface area contributed by atoms with E-state index in [1.54, 1.807) is 18.3 Å². The third-order valence-corrected chi connectivity index (χ3v) is 7.02. The number of nitrogens with zero attached hydrogens (tertiary/aromatic N) is 3. The minimum atomic E-state index is -3.88. The molecule has 146 valence electrons. The molecule has 0 aliphatic heterocycles. The van der Waals surface area contributed by atoms with Crippen LogP contribution in [0.2, 0.25) is 0 Å². The Morgan fingerprint density at radius 3 is 2.61 bits per heavy atom. The molecule has 2 heterocycles. The van der Waals surface area contributed by atoms with Gasteiger partial charge in [0.15, 0.2) is 0 Å². The maximum absolute atomic E-state index is 12.1. The van der Waals surface area contributed by atoms with Gasteiger partial charge in [-0.2, -0.15) is 5.26 Å². The predicted molar refractivity (Wildman–Crippen MR) is 110 cm³/mol. The van der Waals surface area contributed by atoms with Gasteiger partial charge in [-0.05, 0) is 37.0 Å². The van der Waals surface area contributed by atoms with Crippen LogP contribution in [-0.2, 0) is 23.0 Å². The van der Waals surface area contributed by atoms with Crippen molar-refractivity contribution in [2.75, 3.05) is 0 Å². The van der Waals surface area contributed by atoms with Gasteiger partial charge in [0.1, 0.15) is 10.0 Å². The molecule has 0 spiro atoms. The molecule has 28 heavy (non-hydrogen) atoms. The molecule has 0 saturated heterocycles. The normalized spacial score (nSPS) is 11.7. The summed E-state index contributed by atoms with van der Waals surface area (Å²) in [5.74, 6) is 1.27. The Balaban J connectivity index is 2.07. The van der Waals surface area contributed by atoms with E-state index in [1.807, 2.05) is 29.8 Å². The second kappa shape index (κ2) is 7.87. The van der Waals surface area contributed by atoms with Crippen LogP contribution in [0.5, 0.6) is 0 Å². The number of rotatable bonds is 6. The van der Waals surface area contributed by atoms with Crippen molar-refractivity contribution < 1.29 is 8.42 Å². The summed E-state index contributed by atoms with van der Waals surface area (Å²) in [6.45, 7) is 6.65. The molecule has 2 N–H and O–H groups in total. The first-order valence-electron chi connectivity index (χ1n) is 8.85. The minimum Gasteiger partial charge on any atom is -0.331 e. The zero-order valence-corrected chi connectivity index (χ0v) is 17.6. The van der Waals surface area contributed by atoms with Gasteiger partial charge in [-0.3, -0.25) is 0 Å². The lowest BCUT2D eigenvalue weighted by atomic mass is 9.99. The topological polar surface area (TPSA) is 102 Å². The Labute approximate surface area is 169 Å². The molecule has 0 atom stereocenters. The third-order valence-electron chi connectivity index (χ3n) is 4.39. The highest BCUT2D eigenvalue weighted by molar-refractivity contribution is 7.91. The number of benzene rings is 1. The second-order valence-corrected chi connectivity index (χ2v) is 10.0. The highest BCUT2D eigenvalue weighted by Gasteiger charge is 2.22. The number of sulfonamides is 1. The zero-order chi connectivity index (χ0) is 20.5. The summed E-state index contributed by atoms with van der Waals surface area (Å²) >= 11 is 1.18. The average Bonchev–Trinajstić information content (AvgIpc) is 3.20. The highest BCUT2D eigenvalue weighted by Crippen LogP contribution is 2.37. The van der Waals surface area contributed by atoms with Crippen molar-refractivity contribution in [2.45, 2.75) is 37.9 Å². The monoisotopic (exact) mass is 414 g/mol. The summed E-state index contributed by atoms with van der Waals surface area (Å²) in [5, 5.41) is 15.1. The smallest absolute Gasteiger partial charge is 0.248 e. The van der Waals surface area contributed by atoms with E-state index >= 15 is 0 Å². The summed E-state index contributed by atoms with van der Waals surface area (Å²) in [7, 11) is -3.88. The van der Waals surface area contributed by atoms with Crippen LogP contribution in [0.25, 0.3) is 11.1 Å². The van der Waals surface area contributed by atoms with Crippen molar-refractivity contribution in [1.29, 1.82) is 5.26 Å². The van der Waals surface area contributed by atoms with Crippen LogP contribution in [0, 0.1) is 24.2 Å². The molecule has 3 aromatic rings. The van der Waals surface area contributed by atoms with Gasteiger partial charge in [0.05, 0.1) is 11.6 Å². The fraction of sp³-hybridized carbons (Fsp3) is 0.300. The first kappa shape index (κ1) is 20.3. The Bertz CT molecular complexity index is 1150. The van der Waals surface area contributed by atoms with Crippen LogP contribution in [0.1, 0.15) is 35.7 Å². The molecule has 0 aliphatic rings. The number of nitriles is 1. The molecule has 1 aromatic carbocycles. The van der Waals surface area contributed by atoms with Crippen molar-refractivity contribution >= 4 is 21.4 Å². The average molecular weight is 415 g/mol. The number of aryl methyl sites for hydroxylation is 1. The van der Waals surface area contributed by atoms with Crippen molar-refractivity contribution in [3.63, 3.8) is 0 Å². The highest BCUT2D eigenvalue weighted by atomic mass is 32.2. The summed E-state index contributed by atoms with van der Waals surface area (Å²) in [6.07, 6.45) is 4.37. The van der Waals surface area contributed by atoms with E-state index in [4.69, 9.17) is 5.14 Å². The predicted octanol–water partition coefficient (Wildman–Crippen LogP) is 3.69. The maximum atomic E-state index is 12.1. The van der Waals surface area contributed by atoms with Crippen molar-refractivity contribution in [3.05, 3.63) is 58.5 Å². The first-order valence-corrected chi connectivity index (χ1v) is 11.2. The summed E-state index contributed by atoms with van der Waals surface area (Å²) in [6, 6.07) is 9.55. The molecule has 0 unspecified atom stereocenters. The van der Waals surface area contributed by atoms with Gasteiger partial charge in [-0.15, -0.1) is 11.3 Å². The van der Waals surface area contributed by atoms with Gasteiger partial charge < -0.3 is 4.57 Å². The number of primary sulfonamides is 1. The standard InChI is InChI=1S/C20H22N4O2S2/c1-13(2)8-17-10-19(20(27-17)28(22,25)26)18-5-4-15(9-16(18)11-21)12-24-7-6-23-14(24)3/h4-7,9-10,13H,8,12H2,1-3H3,(H2,22,25,26). The van der Waals surface area contributed by atoms with E-state index in [0.29, 0.717) is 29.2 Å². The number of hydrogen-bond acceptors (Lipinski definition) is 5. The molecule has 0 amide bonds. The SMILES string of the molecule is Cc1nccn1Cc1ccc(-c2cc(CC(C)C)sc2S(N)(=O)=O)c(C#N)c1. The lowest BCUT2D eigenvalue weighted by Gasteiger charge is -2.09. The molecule has 8 heteroatoms. The maximum Gasteiger partial charge on any atom is 0.248 e. The molecule has 0 aliphatic carbocycles. The van der Waals surface area contributed by atoms with Gasteiger partial charge in [-0.25, -0.2) is 18.5 Å². The Morgan fingerprint density at radius 1 is 1.29 bits per heavy atom. The summed E-state index contributed by atoms with van der Waals surface area (Å²) in [5.41, 5.74) is 2.46. The number of aromatic nitrogens is 2. The van der Waals surface area contributed by atoms with Gasteiger partial charge >= 0.3 is 0 Å². The first-order chi connectivity index (χ1) is 13.2. The molecule has 0 bridgehead atoms. The van der Waals surface area contributed by atoms with E-state index in [-0.39, 0.29) is 4.21 Å². The van der Waals surface area contributed by atoms with Gasteiger partial charge in [0.2, 0.25) is 10.0 Å². The van der Waals surface area contributed by atoms with Gasteiger partial charge in [0.25, 0.3) is 0 Å². The van der Waals surface area contributed by atoms with E-state index < -0.39 is 10.0 Å². The van der Waals surface area contributed by atoms with Crippen LogP contribution in [0.15, 0.2) is 40.9 Å². The van der Waals surface area contributed by atoms with Crippen LogP contribution < -0.4 is 5.14 Å². The van der Waals surface area contributed by atoms with Crippen LogP contribution in [0.4, 0.5) is 0 Å². The van der Waals surface area contributed by atoms with Crippen LogP contribution in [0.3, 0.4) is 0 Å². The lowest BCUT2D eigenvalue weighted by molar-refractivity contribution is 0.600. The number of hydrogen-bond donors (Lipinski definition) is 1. The zero-order valence-electron chi connectivity index (χ0n) is 16.0. The van der Waals surface area contributed by atoms with Gasteiger partial charge in [-0.1, -0.05) is 26.0 Å². The van der Waals surface area contributed by atoms with E-state index in [2.05, 4.69) is 24.9 Å². The largest absolute Gasteiger partial charge is 0.331 e. The number of imidazole rings is 1. The van der Waals surface area contributed by atoms with Gasteiger partial charge in [0, 0.05) is 34.9 Å². The van der Waals surface area contributed by atoms with Crippen LogP contribution >= 0.6 is 11.3 Å². The molecular formula is C20H22N4O2S2. The fourth-order valence-electron chi connectivity index (χ4n) is 3.11. The molecular weight excluding hydrogens is 392 g/mol. The second-order valence-electron chi connectivity index (χ2n) is 7.15. The Kier molecular flexibility index (Phi) is 5.70. The Morgan fingerprint density at radius 2 is 2.04 bits per heavy atom. The quantitative estimate of drug-likeness (QED) is 0.664. The fourth-order valence-corrected chi connectivity index (χ4v) is 5.48. The lowest BCUT2D eigenvalue weighted by Crippen LogP contribution is -2.11. The third kappa shape index (κ3) is 4.33. The molecule has 2 aromatic heterocycles. The summed E-state index contributed by atoms with van der Waals surface area (Å²) < 4.78 is 26.4. The Hall–Kier alpha value is -2.47. The number of thiophene rings is 1. The summed E-state index contributed by atoms with van der Waals surface area (Å²) in [4.78, 5) is 5.14. The van der Waals surface area contributed by atoms with Crippen molar-refractivity contribution in [2.24, 2.45) is 11.1 Å². The minimum absolute atomic E-state index is 0.109. The molecule has 6 nitrogen and oxygen atoms in total. The van der Waals surface area contributed by atoms with Crippen molar-refractivity contribution in [1.82, 2.24) is 9.55 Å². The molecule has 0 radical (unpaired) electrons. The van der Waals surface area contributed by atoms with E-state index in [1.165, 1.54) is 11.3 Å². The van der Waals surface area contributed by atoms with Crippen LogP contribution in [-0.4, -0.2) is 18.0 Å². The van der Waals surface area contributed by atoms with E-state index in [0.717, 1.165) is 22.7 Å². The molecule has 0 saturated carbocycles. The molecule has 0 fully saturated rings. The number of nitrogens with two attached hydrogens (primary N) is 1. The molecule has 3 rings (SSSR count). The van der Waals surface area contributed by atoms with E-state index in [9.17, 15) is 13.7 Å².